The molecule has 0 unspecified atom stereocenters. The van der Waals surface area contributed by atoms with Crippen molar-refractivity contribution in [1.82, 2.24) is 0 Å². The fourth-order valence-electron chi connectivity index (χ4n) is 1.85. The number of hydrogen-bond donors (Lipinski definition) is 0. The number of halogens is 1. The van der Waals surface area contributed by atoms with Crippen molar-refractivity contribution in [2.75, 3.05) is 0 Å². The maximum atomic E-state index is 3.62. The fourth-order valence-corrected chi connectivity index (χ4v) is 2.48. The van der Waals surface area contributed by atoms with Gasteiger partial charge in [0.1, 0.15) is 0 Å². The molecule has 14 heavy (non-hydrogen) atoms. The highest BCUT2D eigenvalue weighted by molar-refractivity contribution is 9.10. The molecule has 1 heteroatoms. The number of hydrogen-bond acceptors (Lipinski definition) is 0. The molecule has 0 fully saturated rings. The van der Waals surface area contributed by atoms with E-state index in [1.165, 1.54) is 27.2 Å². The number of aryl methyl sites for hydroxylation is 1. The molecule has 0 heterocycles. The van der Waals surface area contributed by atoms with Crippen LogP contribution in [-0.2, 0) is 6.42 Å². The van der Waals surface area contributed by atoms with Gasteiger partial charge in [0.15, 0.2) is 0 Å². The molecule has 0 bridgehead atoms. The summed E-state index contributed by atoms with van der Waals surface area (Å²) in [5.41, 5.74) is 1.44. The normalized spacial score (nSPS) is 10.7. The van der Waals surface area contributed by atoms with Crippen molar-refractivity contribution in [2.24, 2.45) is 0 Å². The van der Waals surface area contributed by atoms with Crippen molar-refractivity contribution in [1.29, 1.82) is 0 Å². The van der Waals surface area contributed by atoms with Gasteiger partial charge in [-0.3, -0.25) is 0 Å². The molecule has 0 aliphatic rings. The Morgan fingerprint density at radius 1 is 1.07 bits per heavy atom. The van der Waals surface area contributed by atoms with Gasteiger partial charge >= 0.3 is 0 Å². The molecule has 0 spiro atoms. The minimum Gasteiger partial charge on any atom is -0.0651 e. The summed E-state index contributed by atoms with van der Waals surface area (Å²) in [6, 6.07) is 12.9. The van der Waals surface area contributed by atoms with Crippen LogP contribution in [0, 0.1) is 0 Å². The molecule has 0 aliphatic heterocycles. The highest BCUT2D eigenvalue weighted by atomic mass is 79.9. The van der Waals surface area contributed by atoms with Gasteiger partial charge in [0, 0.05) is 4.47 Å². The Hall–Kier alpha value is -0.820. The van der Waals surface area contributed by atoms with Crippen LogP contribution in [0.1, 0.15) is 18.9 Å². The maximum absolute atomic E-state index is 3.62. The fraction of sp³-hybridized carbons (Fsp3) is 0.231. The van der Waals surface area contributed by atoms with Crippen molar-refractivity contribution in [3.63, 3.8) is 0 Å². The highest BCUT2D eigenvalue weighted by Gasteiger charge is 2.02. The van der Waals surface area contributed by atoms with Crippen molar-refractivity contribution >= 4 is 26.7 Å². The van der Waals surface area contributed by atoms with Crippen LogP contribution in [0.5, 0.6) is 0 Å². The summed E-state index contributed by atoms with van der Waals surface area (Å²) in [5, 5.41) is 2.70. The monoisotopic (exact) mass is 248 g/mol. The van der Waals surface area contributed by atoms with E-state index < -0.39 is 0 Å². The summed E-state index contributed by atoms with van der Waals surface area (Å²) in [7, 11) is 0. The van der Waals surface area contributed by atoms with Crippen molar-refractivity contribution < 1.29 is 0 Å². The molecule has 0 atom stereocenters. The first-order valence-corrected chi connectivity index (χ1v) is 5.78. The molecule has 0 saturated carbocycles. The Bertz CT molecular complexity index is 441. The summed E-state index contributed by atoms with van der Waals surface area (Å²) in [6.07, 6.45) is 2.35. The van der Waals surface area contributed by atoms with Gasteiger partial charge in [-0.25, -0.2) is 0 Å². The van der Waals surface area contributed by atoms with Crippen LogP contribution in [0.4, 0.5) is 0 Å². The van der Waals surface area contributed by atoms with Gasteiger partial charge in [-0.1, -0.05) is 59.6 Å². The van der Waals surface area contributed by atoms with Gasteiger partial charge in [0.25, 0.3) is 0 Å². The van der Waals surface area contributed by atoms with E-state index in [-0.39, 0.29) is 0 Å². The van der Waals surface area contributed by atoms with Crippen molar-refractivity contribution in [3.8, 4) is 0 Å². The second-order valence-electron chi connectivity index (χ2n) is 3.51. The van der Waals surface area contributed by atoms with Gasteiger partial charge < -0.3 is 0 Å². The lowest BCUT2D eigenvalue weighted by Crippen LogP contribution is -1.86. The zero-order valence-corrected chi connectivity index (χ0v) is 9.84. The number of fused-ring (bicyclic) bond motifs is 1. The van der Waals surface area contributed by atoms with Crippen LogP contribution < -0.4 is 0 Å². The largest absolute Gasteiger partial charge is 0.0651 e. The summed E-state index contributed by atoms with van der Waals surface area (Å²) < 4.78 is 1.21. The van der Waals surface area contributed by atoms with E-state index in [4.69, 9.17) is 0 Å². The first kappa shape index (κ1) is 9.72. The third-order valence-electron chi connectivity index (χ3n) is 2.46. The van der Waals surface area contributed by atoms with Crippen molar-refractivity contribution in [2.45, 2.75) is 19.8 Å². The van der Waals surface area contributed by atoms with Crippen LogP contribution in [-0.4, -0.2) is 0 Å². The van der Waals surface area contributed by atoms with E-state index in [0.717, 1.165) is 6.42 Å². The van der Waals surface area contributed by atoms with Gasteiger partial charge in [-0.2, -0.15) is 0 Å². The quantitative estimate of drug-likeness (QED) is 0.732. The topological polar surface area (TPSA) is 0 Å². The predicted octanol–water partition coefficient (Wildman–Crippen LogP) is 4.55. The molecule has 0 N–H and O–H groups in total. The maximum Gasteiger partial charge on any atom is 0.0256 e. The summed E-state index contributed by atoms with van der Waals surface area (Å²) in [5.74, 6) is 0. The smallest absolute Gasteiger partial charge is 0.0256 e. The van der Waals surface area contributed by atoms with E-state index in [2.05, 4.69) is 59.3 Å². The molecule has 72 valence electrons. The van der Waals surface area contributed by atoms with Gasteiger partial charge in [0.05, 0.1) is 0 Å². The van der Waals surface area contributed by atoms with Gasteiger partial charge in [-0.05, 0) is 28.8 Å². The highest BCUT2D eigenvalue weighted by Crippen LogP contribution is 2.27. The van der Waals surface area contributed by atoms with Gasteiger partial charge in [-0.15, -0.1) is 0 Å². The Kier molecular flexibility index (Phi) is 2.87. The van der Waals surface area contributed by atoms with Crippen molar-refractivity contribution in [3.05, 3.63) is 46.4 Å². The van der Waals surface area contributed by atoms with E-state index in [1.807, 2.05) is 0 Å². The lowest BCUT2D eigenvalue weighted by molar-refractivity contribution is 0.929. The summed E-state index contributed by atoms with van der Waals surface area (Å²) in [4.78, 5) is 0. The second kappa shape index (κ2) is 4.14. The average Bonchev–Trinajstić information content (AvgIpc) is 2.19. The summed E-state index contributed by atoms with van der Waals surface area (Å²) in [6.45, 7) is 2.22. The molecule has 0 amide bonds. The Balaban J connectivity index is 2.71. The molecular formula is C13H13Br. The predicted molar refractivity (Wildman–Crippen MR) is 65.6 cm³/mol. The molecule has 2 rings (SSSR count). The molecule has 0 saturated heterocycles. The number of rotatable bonds is 2. The standard InChI is InChI=1S/C13H13Br/c1-2-5-10-6-3-7-11-8-4-9-12(14)13(10)11/h3-4,6-9H,2,5H2,1H3. The van der Waals surface area contributed by atoms with E-state index in [9.17, 15) is 0 Å². The zero-order valence-electron chi connectivity index (χ0n) is 8.26. The molecular weight excluding hydrogens is 236 g/mol. The first-order valence-electron chi connectivity index (χ1n) is 4.99. The second-order valence-corrected chi connectivity index (χ2v) is 4.36. The Labute approximate surface area is 93.1 Å². The van der Waals surface area contributed by atoms with Crippen LogP contribution >= 0.6 is 15.9 Å². The molecule has 0 nitrogen and oxygen atoms in total. The minimum absolute atomic E-state index is 1.15. The third kappa shape index (κ3) is 1.69. The van der Waals surface area contributed by atoms with Gasteiger partial charge in [0.2, 0.25) is 0 Å². The van der Waals surface area contributed by atoms with E-state index >= 15 is 0 Å². The zero-order chi connectivity index (χ0) is 9.97. The SMILES string of the molecule is CCCc1cccc2cccc(Br)c12. The van der Waals surface area contributed by atoms with Crippen LogP contribution in [0.2, 0.25) is 0 Å². The Morgan fingerprint density at radius 3 is 2.50 bits per heavy atom. The first-order chi connectivity index (χ1) is 6.83. The van der Waals surface area contributed by atoms with Crippen LogP contribution in [0.15, 0.2) is 40.9 Å². The van der Waals surface area contributed by atoms with E-state index in [0.29, 0.717) is 0 Å². The van der Waals surface area contributed by atoms with Crippen LogP contribution in [0.25, 0.3) is 10.8 Å². The van der Waals surface area contributed by atoms with E-state index in [1.54, 1.807) is 0 Å². The average molecular weight is 249 g/mol. The Morgan fingerprint density at radius 2 is 1.79 bits per heavy atom. The lowest BCUT2D eigenvalue weighted by atomic mass is 10.0. The number of benzene rings is 2. The third-order valence-corrected chi connectivity index (χ3v) is 3.12. The lowest BCUT2D eigenvalue weighted by Gasteiger charge is -2.06. The summed E-state index contributed by atoms with van der Waals surface area (Å²) >= 11 is 3.62. The molecule has 0 aromatic heterocycles. The van der Waals surface area contributed by atoms with Crippen LogP contribution in [0.3, 0.4) is 0 Å². The molecule has 2 aromatic rings. The minimum atomic E-state index is 1.15. The molecule has 0 radical (unpaired) electrons. The molecule has 0 aliphatic carbocycles. The molecule has 2 aromatic carbocycles.